The summed E-state index contributed by atoms with van der Waals surface area (Å²) in [6.45, 7) is 3.75. The van der Waals surface area contributed by atoms with Crippen LogP contribution in [0.1, 0.15) is 31.7 Å². The third-order valence-electron chi connectivity index (χ3n) is 4.80. The standard InChI is InChI=1S/C19H24FN3O2/c1-2-3-7-21-19(25)14-9-18(24)23(12-14)8-6-13-11-22-17-5-4-15(20)10-16(13)17/h4-5,10-11,14,22H,2-3,6-9,12H2,1H3,(H,21,25)/t14-/m1/s1. The Kier molecular flexibility index (Phi) is 5.36. The zero-order chi connectivity index (χ0) is 17.8. The first-order chi connectivity index (χ1) is 12.1. The molecule has 0 radical (unpaired) electrons. The quantitative estimate of drug-likeness (QED) is 0.758. The predicted octanol–water partition coefficient (Wildman–Crippen LogP) is 2.61. The summed E-state index contributed by atoms with van der Waals surface area (Å²) in [4.78, 5) is 29.2. The van der Waals surface area contributed by atoms with E-state index in [9.17, 15) is 14.0 Å². The van der Waals surface area contributed by atoms with Gasteiger partial charge in [-0.05, 0) is 36.6 Å². The minimum absolute atomic E-state index is 0.0154. The summed E-state index contributed by atoms with van der Waals surface area (Å²) >= 11 is 0. The van der Waals surface area contributed by atoms with Gasteiger partial charge in [-0.3, -0.25) is 9.59 Å². The lowest BCUT2D eigenvalue weighted by atomic mass is 10.1. The van der Waals surface area contributed by atoms with Crippen LogP contribution in [0.3, 0.4) is 0 Å². The fourth-order valence-corrected chi connectivity index (χ4v) is 3.31. The van der Waals surface area contributed by atoms with Gasteiger partial charge in [-0.25, -0.2) is 4.39 Å². The third kappa shape index (κ3) is 4.00. The molecule has 0 aliphatic carbocycles. The number of H-pyrrole nitrogens is 1. The Balaban J connectivity index is 1.57. The van der Waals surface area contributed by atoms with Crippen molar-refractivity contribution >= 4 is 22.7 Å². The van der Waals surface area contributed by atoms with Crippen LogP contribution in [0.4, 0.5) is 4.39 Å². The Morgan fingerprint density at radius 3 is 3.08 bits per heavy atom. The van der Waals surface area contributed by atoms with Crippen LogP contribution in [0, 0.1) is 11.7 Å². The van der Waals surface area contributed by atoms with Gasteiger partial charge in [0, 0.05) is 43.2 Å². The van der Waals surface area contributed by atoms with Crippen molar-refractivity contribution < 1.29 is 14.0 Å². The number of hydrogen-bond donors (Lipinski definition) is 2. The van der Waals surface area contributed by atoms with Crippen LogP contribution in [0.2, 0.25) is 0 Å². The van der Waals surface area contributed by atoms with E-state index in [1.807, 2.05) is 6.20 Å². The smallest absolute Gasteiger partial charge is 0.225 e. The number of carbonyl (C=O) groups is 2. The summed E-state index contributed by atoms with van der Waals surface area (Å²) in [7, 11) is 0. The summed E-state index contributed by atoms with van der Waals surface area (Å²) in [5.74, 6) is -0.542. The highest BCUT2D eigenvalue weighted by atomic mass is 19.1. The maximum atomic E-state index is 13.4. The number of carbonyl (C=O) groups excluding carboxylic acids is 2. The molecule has 2 aromatic rings. The minimum Gasteiger partial charge on any atom is -0.361 e. The second-order valence-corrected chi connectivity index (χ2v) is 6.64. The number of halogens is 1. The largest absolute Gasteiger partial charge is 0.361 e. The Morgan fingerprint density at radius 1 is 1.44 bits per heavy atom. The zero-order valence-electron chi connectivity index (χ0n) is 14.5. The molecule has 0 saturated carbocycles. The summed E-state index contributed by atoms with van der Waals surface area (Å²) in [5, 5.41) is 3.75. The summed E-state index contributed by atoms with van der Waals surface area (Å²) in [6, 6.07) is 4.65. The maximum absolute atomic E-state index is 13.4. The molecule has 1 atom stereocenters. The van der Waals surface area contributed by atoms with Gasteiger partial charge in [-0.15, -0.1) is 0 Å². The molecule has 2 heterocycles. The minimum atomic E-state index is -0.269. The molecule has 1 aromatic heterocycles. The van der Waals surface area contributed by atoms with Gasteiger partial charge >= 0.3 is 0 Å². The number of unbranched alkanes of at least 4 members (excludes halogenated alkanes) is 1. The van der Waals surface area contributed by atoms with Crippen molar-refractivity contribution in [2.45, 2.75) is 32.6 Å². The summed E-state index contributed by atoms with van der Waals surface area (Å²) < 4.78 is 13.4. The summed E-state index contributed by atoms with van der Waals surface area (Å²) in [6.07, 6.45) is 4.76. The Hall–Kier alpha value is -2.37. The van der Waals surface area contributed by atoms with Crippen molar-refractivity contribution in [3.63, 3.8) is 0 Å². The molecule has 134 valence electrons. The van der Waals surface area contributed by atoms with Gasteiger partial charge in [0.2, 0.25) is 11.8 Å². The lowest BCUT2D eigenvalue weighted by Gasteiger charge is -2.16. The first-order valence-electron chi connectivity index (χ1n) is 8.89. The molecule has 2 N–H and O–H groups in total. The van der Waals surface area contributed by atoms with Crippen LogP contribution >= 0.6 is 0 Å². The van der Waals surface area contributed by atoms with Crippen molar-refractivity contribution in [2.24, 2.45) is 5.92 Å². The van der Waals surface area contributed by atoms with Crippen LogP contribution in [0.25, 0.3) is 10.9 Å². The van der Waals surface area contributed by atoms with E-state index < -0.39 is 0 Å². The highest BCUT2D eigenvalue weighted by molar-refractivity contribution is 5.89. The highest BCUT2D eigenvalue weighted by Gasteiger charge is 2.33. The average molecular weight is 345 g/mol. The molecular formula is C19H24FN3O2. The van der Waals surface area contributed by atoms with E-state index in [-0.39, 0.29) is 30.0 Å². The molecule has 1 fully saturated rings. The van der Waals surface area contributed by atoms with E-state index in [1.54, 1.807) is 11.0 Å². The van der Waals surface area contributed by atoms with E-state index in [1.165, 1.54) is 12.1 Å². The number of likely N-dealkylation sites (tertiary alicyclic amines) is 1. The second-order valence-electron chi connectivity index (χ2n) is 6.64. The molecule has 0 unspecified atom stereocenters. The van der Waals surface area contributed by atoms with E-state index in [0.717, 1.165) is 29.3 Å². The molecule has 3 rings (SSSR count). The normalized spacial score (nSPS) is 17.4. The van der Waals surface area contributed by atoms with E-state index in [4.69, 9.17) is 0 Å². The first kappa shape index (κ1) is 17.5. The number of amides is 2. The lowest BCUT2D eigenvalue weighted by Crippen LogP contribution is -2.34. The van der Waals surface area contributed by atoms with Crippen molar-refractivity contribution in [3.05, 3.63) is 35.8 Å². The van der Waals surface area contributed by atoms with E-state index in [2.05, 4.69) is 17.2 Å². The van der Waals surface area contributed by atoms with Crippen LogP contribution < -0.4 is 5.32 Å². The lowest BCUT2D eigenvalue weighted by molar-refractivity contribution is -0.129. The molecule has 5 nitrogen and oxygen atoms in total. The topological polar surface area (TPSA) is 65.2 Å². The van der Waals surface area contributed by atoms with Gasteiger partial charge in [-0.2, -0.15) is 0 Å². The number of aromatic amines is 1. The van der Waals surface area contributed by atoms with Gasteiger partial charge in [-0.1, -0.05) is 13.3 Å². The van der Waals surface area contributed by atoms with E-state index in [0.29, 0.717) is 26.1 Å². The van der Waals surface area contributed by atoms with Crippen molar-refractivity contribution in [3.8, 4) is 0 Å². The van der Waals surface area contributed by atoms with Crippen LogP contribution in [0.15, 0.2) is 24.4 Å². The molecule has 0 spiro atoms. The monoisotopic (exact) mass is 345 g/mol. The van der Waals surface area contributed by atoms with Gasteiger partial charge < -0.3 is 15.2 Å². The number of benzene rings is 1. The van der Waals surface area contributed by atoms with Crippen LogP contribution in [-0.4, -0.2) is 41.3 Å². The Morgan fingerprint density at radius 2 is 2.28 bits per heavy atom. The molecule has 25 heavy (non-hydrogen) atoms. The molecule has 1 aliphatic heterocycles. The highest BCUT2D eigenvalue weighted by Crippen LogP contribution is 2.22. The number of nitrogens with one attached hydrogen (secondary N) is 2. The number of aromatic nitrogens is 1. The molecule has 1 aromatic carbocycles. The number of hydrogen-bond acceptors (Lipinski definition) is 2. The predicted molar refractivity (Wildman–Crippen MR) is 94.6 cm³/mol. The molecular weight excluding hydrogens is 321 g/mol. The van der Waals surface area contributed by atoms with E-state index >= 15 is 0 Å². The molecule has 1 aliphatic rings. The Labute approximate surface area is 146 Å². The van der Waals surface area contributed by atoms with Gasteiger partial charge in [0.1, 0.15) is 5.82 Å². The van der Waals surface area contributed by atoms with Crippen molar-refractivity contribution in [2.75, 3.05) is 19.6 Å². The fraction of sp³-hybridized carbons (Fsp3) is 0.474. The van der Waals surface area contributed by atoms with Crippen LogP contribution in [-0.2, 0) is 16.0 Å². The number of fused-ring (bicyclic) bond motifs is 1. The first-order valence-corrected chi connectivity index (χ1v) is 8.89. The zero-order valence-corrected chi connectivity index (χ0v) is 14.5. The molecule has 0 bridgehead atoms. The SMILES string of the molecule is CCCCNC(=O)[C@@H]1CC(=O)N(CCc2c[nH]c3ccc(F)cc23)C1. The molecule has 2 amide bonds. The van der Waals surface area contributed by atoms with Gasteiger partial charge in [0.25, 0.3) is 0 Å². The fourth-order valence-electron chi connectivity index (χ4n) is 3.31. The number of nitrogens with zero attached hydrogens (tertiary/aromatic N) is 1. The van der Waals surface area contributed by atoms with Gasteiger partial charge in [0.05, 0.1) is 5.92 Å². The molecule has 6 heteroatoms. The molecule has 1 saturated heterocycles. The average Bonchev–Trinajstić information content (AvgIpc) is 3.16. The summed E-state index contributed by atoms with van der Waals surface area (Å²) in [5.41, 5.74) is 1.87. The second kappa shape index (κ2) is 7.68. The van der Waals surface area contributed by atoms with Crippen LogP contribution in [0.5, 0.6) is 0 Å². The third-order valence-corrected chi connectivity index (χ3v) is 4.80. The van der Waals surface area contributed by atoms with Gasteiger partial charge in [0.15, 0.2) is 0 Å². The Bertz CT molecular complexity index is 771. The van der Waals surface area contributed by atoms with Crippen molar-refractivity contribution in [1.82, 2.24) is 15.2 Å². The number of rotatable bonds is 7. The maximum Gasteiger partial charge on any atom is 0.225 e. The van der Waals surface area contributed by atoms with Crippen molar-refractivity contribution in [1.29, 1.82) is 0 Å².